The Balaban J connectivity index is 2.53. The van der Waals surface area contributed by atoms with Crippen LogP contribution in [0.1, 0.15) is 23.7 Å². The van der Waals surface area contributed by atoms with E-state index in [-0.39, 0.29) is 5.56 Å². The fourth-order valence-electron chi connectivity index (χ4n) is 2.75. The summed E-state index contributed by atoms with van der Waals surface area (Å²) < 4.78 is 1.77. The van der Waals surface area contributed by atoms with Crippen LogP contribution in [0.5, 0.6) is 0 Å². The van der Waals surface area contributed by atoms with Crippen molar-refractivity contribution in [2.75, 3.05) is 0 Å². The number of primary amides is 1. The average molecular weight is 280 g/mol. The molecule has 106 valence electrons. The summed E-state index contributed by atoms with van der Waals surface area (Å²) in [4.78, 5) is 24.0. The molecule has 0 unspecified atom stereocenters. The predicted octanol–water partition coefficient (Wildman–Crippen LogP) is 2.66. The Morgan fingerprint density at radius 1 is 1.10 bits per heavy atom. The Kier molecular flexibility index (Phi) is 3.22. The highest BCUT2D eigenvalue weighted by atomic mass is 16.1. The van der Waals surface area contributed by atoms with Gasteiger partial charge in [0.15, 0.2) is 0 Å². The van der Waals surface area contributed by atoms with Crippen molar-refractivity contribution in [3.8, 4) is 0 Å². The smallest absolute Gasteiger partial charge is 0.258 e. The molecule has 3 rings (SSSR count). The summed E-state index contributed by atoms with van der Waals surface area (Å²) >= 11 is 0. The fourth-order valence-corrected chi connectivity index (χ4v) is 2.75. The molecule has 2 aromatic carbocycles. The number of nitrogens with zero attached hydrogens (tertiary/aromatic N) is 1. The summed E-state index contributed by atoms with van der Waals surface area (Å²) in [5.74, 6) is -0.464. The number of amides is 1. The maximum atomic E-state index is 12.6. The lowest BCUT2D eigenvalue weighted by Crippen LogP contribution is -2.21. The Morgan fingerprint density at radius 2 is 1.81 bits per heavy atom. The van der Waals surface area contributed by atoms with Gasteiger partial charge >= 0.3 is 0 Å². The Morgan fingerprint density at radius 3 is 2.48 bits per heavy atom. The van der Waals surface area contributed by atoms with Crippen molar-refractivity contribution in [1.29, 1.82) is 0 Å². The van der Waals surface area contributed by atoms with Crippen molar-refractivity contribution < 1.29 is 4.79 Å². The molecule has 0 bridgehead atoms. The van der Waals surface area contributed by atoms with Crippen LogP contribution in [0.4, 0.5) is 0 Å². The summed E-state index contributed by atoms with van der Waals surface area (Å²) in [5, 5.41) is 2.41. The number of carbonyl (C=O) groups is 1. The highest BCUT2D eigenvalue weighted by molar-refractivity contribution is 6.08. The zero-order valence-electron chi connectivity index (χ0n) is 11.8. The molecule has 0 aliphatic rings. The number of hydrogen-bond acceptors (Lipinski definition) is 2. The lowest BCUT2D eigenvalue weighted by molar-refractivity contribution is 0.100. The van der Waals surface area contributed by atoms with Gasteiger partial charge in [-0.2, -0.15) is 0 Å². The molecule has 0 atom stereocenters. The van der Waals surface area contributed by atoms with E-state index in [2.05, 4.69) is 0 Å². The van der Waals surface area contributed by atoms with E-state index in [0.29, 0.717) is 17.5 Å². The fraction of sp³-hybridized carbons (Fsp3) is 0.176. The van der Waals surface area contributed by atoms with E-state index in [9.17, 15) is 9.59 Å². The summed E-state index contributed by atoms with van der Waals surface area (Å²) in [5.41, 5.74) is 6.67. The van der Waals surface area contributed by atoms with Crippen LogP contribution in [0.2, 0.25) is 0 Å². The second-order valence-electron chi connectivity index (χ2n) is 5.10. The van der Waals surface area contributed by atoms with E-state index < -0.39 is 5.91 Å². The molecule has 21 heavy (non-hydrogen) atoms. The van der Waals surface area contributed by atoms with E-state index in [1.54, 1.807) is 22.8 Å². The summed E-state index contributed by atoms with van der Waals surface area (Å²) in [6.45, 7) is 2.68. The van der Waals surface area contributed by atoms with Crippen LogP contribution >= 0.6 is 0 Å². The van der Waals surface area contributed by atoms with Gasteiger partial charge in [-0.3, -0.25) is 9.59 Å². The van der Waals surface area contributed by atoms with E-state index in [0.717, 1.165) is 22.7 Å². The Bertz CT molecular complexity index is 910. The first-order valence-electron chi connectivity index (χ1n) is 6.98. The Hall–Kier alpha value is -2.62. The van der Waals surface area contributed by atoms with Gasteiger partial charge in [0, 0.05) is 22.9 Å². The van der Waals surface area contributed by atoms with Crippen LogP contribution in [0.3, 0.4) is 0 Å². The first-order valence-corrected chi connectivity index (χ1v) is 6.98. The molecule has 1 aromatic heterocycles. The van der Waals surface area contributed by atoms with Crippen molar-refractivity contribution in [3.05, 3.63) is 58.4 Å². The second kappa shape index (κ2) is 5.05. The van der Waals surface area contributed by atoms with Crippen molar-refractivity contribution in [2.24, 2.45) is 5.73 Å². The minimum absolute atomic E-state index is 0.00627. The molecule has 4 nitrogen and oxygen atoms in total. The third kappa shape index (κ3) is 2.09. The average Bonchev–Trinajstić information content (AvgIpc) is 2.51. The highest BCUT2D eigenvalue weighted by Gasteiger charge is 2.11. The van der Waals surface area contributed by atoms with Crippen LogP contribution < -0.4 is 11.3 Å². The van der Waals surface area contributed by atoms with Crippen LogP contribution in [-0.2, 0) is 6.54 Å². The van der Waals surface area contributed by atoms with Gasteiger partial charge in [-0.05, 0) is 36.1 Å². The largest absolute Gasteiger partial charge is 0.366 e. The molecule has 2 N–H and O–H groups in total. The third-order valence-electron chi connectivity index (χ3n) is 3.71. The lowest BCUT2D eigenvalue weighted by Gasteiger charge is -2.13. The lowest BCUT2D eigenvalue weighted by atomic mass is 10.0. The molecule has 1 heterocycles. The molecule has 0 saturated heterocycles. The van der Waals surface area contributed by atoms with E-state index >= 15 is 0 Å². The van der Waals surface area contributed by atoms with Crippen molar-refractivity contribution >= 4 is 27.6 Å². The molecule has 0 radical (unpaired) electrons. The molecular formula is C17H16N2O2. The molecule has 1 amide bonds. The van der Waals surface area contributed by atoms with Gasteiger partial charge in [-0.1, -0.05) is 25.1 Å². The topological polar surface area (TPSA) is 65.1 Å². The number of fused-ring (bicyclic) bond motifs is 3. The quantitative estimate of drug-likeness (QED) is 0.750. The third-order valence-corrected chi connectivity index (χ3v) is 3.71. The number of aromatic nitrogens is 1. The standard InChI is InChI=1S/C17H16N2O2/c1-2-9-19-15-8-7-11(16(18)20)10-14(15)12-5-3-4-6-13(12)17(19)21/h3-8,10H,2,9H2,1H3,(H2,18,20). The molecule has 0 fully saturated rings. The van der Waals surface area contributed by atoms with Crippen LogP contribution in [0.25, 0.3) is 21.7 Å². The van der Waals surface area contributed by atoms with Crippen molar-refractivity contribution in [3.63, 3.8) is 0 Å². The molecule has 0 aliphatic carbocycles. The number of rotatable bonds is 3. The van der Waals surface area contributed by atoms with Gasteiger partial charge in [0.25, 0.3) is 5.56 Å². The molecule has 0 saturated carbocycles. The summed E-state index contributed by atoms with van der Waals surface area (Å²) in [7, 11) is 0. The highest BCUT2D eigenvalue weighted by Crippen LogP contribution is 2.24. The van der Waals surface area contributed by atoms with Crippen LogP contribution in [-0.4, -0.2) is 10.5 Å². The Labute approximate surface area is 121 Å². The predicted molar refractivity (Wildman–Crippen MR) is 84.5 cm³/mol. The molecule has 0 spiro atoms. The minimum atomic E-state index is -0.464. The van der Waals surface area contributed by atoms with Crippen LogP contribution in [0, 0.1) is 0 Å². The maximum Gasteiger partial charge on any atom is 0.258 e. The number of nitrogens with two attached hydrogens (primary N) is 1. The number of benzene rings is 2. The van der Waals surface area contributed by atoms with Gasteiger partial charge in [0.2, 0.25) is 5.91 Å². The molecule has 3 aromatic rings. The van der Waals surface area contributed by atoms with Gasteiger partial charge in [0.05, 0.1) is 5.52 Å². The van der Waals surface area contributed by atoms with Gasteiger partial charge in [0.1, 0.15) is 0 Å². The van der Waals surface area contributed by atoms with Crippen molar-refractivity contribution in [1.82, 2.24) is 4.57 Å². The van der Waals surface area contributed by atoms with E-state index in [4.69, 9.17) is 5.73 Å². The van der Waals surface area contributed by atoms with Crippen LogP contribution in [0.15, 0.2) is 47.3 Å². The molecule has 4 heteroatoms. The number of pyridine rings is 1. The van der Waals surface area contributed by atoms with E-state index in [1.807, 2.05) is 31.2 Å². The maximum absolute atomic E-state index is 12.6. The van der Waals surface area contributed by atoms with Crippen molar-refractivity contribution in [2.45, 2.75) is 19.9 Å². The zero-order valence-corrected chi connectivity index (χ0v) is 11.8. The van der Waals surface area contributed by atoms with Gasteiger partial charge < -0.3 is 10.3 Å². The summed E-state index contributed by atoms with van der Waals surface area (Å²) in [6.07, 6.45) is 0.866. The molecular weight excluding hydrogens is 264 g/mol. The number of aryl methyl sites for hydroxylation is 1. The number of carbonyl (C=O) groups excluding carboxylic acids is 1. The first kappa shape index (κ1) is 13.4. The summed E-state index contributed by atoms with van der Waals surface area (Å²) in [6, 6.07) is 12.7. The minimum Gasteiger partial charge on any atom is -0.366 e. The first-order chi connectivity index (χ1) is 10.1. The normalized spacial score (nSPS) is 11.1. The molecule has 0 aliphatic heterocycles. The zero-order chi connectivity index (χ0) is 15.0. The van der Waals surface area contributed by atoms with E-state index in [1.165, 1.54) is 0 Å². The van der Waals surface area contributed by atoms with Gasteiger partial charge in [-0.15, -0.1) is 0 Å². The van der Waals surface area contributed by atoms with Gasteiger partial charge in [-0.25, -0.2) is 0 Å². The number of hydrogen-bond donors (Lipinski definition) is 1. The monoisotopic (exact) mass is 280 g/mol. The SMILES string of the molecule is CCCn1c(=O)c2ccccc2c2cc(C(N)=O)ccc21. The second-order valence-corrected chi connectivity index (χ2v) is 5.10.